The van der Waals surface area contributed by atoms with Crippen LogP contribution in [0.4, 0.5) is 0 Å². The Bertz CT molecular complexity index is 630. The Labute approximate surface area is 117 Å². The van der Waals surface area contributed by atoms with Crippen molar-refractivity contribution in [3.63, 3.8) is 0 Å². The summed E-state index contributed by atoms with van der Waals surface area (Å²) in [4.78, 5) is 0. The Morgan fingerprint density at radius 2 is 1.80 bits per heavy atom. The van der Waals surface area contributed by atoms with Gasteiger partial charge in [-0.25, -0.2) is 0 Å². The molecule has 4 nitrogen and oxygen atoms in total. The fourth-order valence-corrected chi connectivity index (χ4v) is 1.76. The molecule has 0 aromatic heterocycles. The molecule has 2 aromatic rings. The van der Waals surface area contributed by atoms with Crippen LogP contribution >= 0.6 is 0 Å². The molecule has 0 amide bonds. The molecule has 2 aromatic carbocycles. The van der Waals surface area contributed by atoms with Gasteiger partial charge in [0.25, 0.3) is 0 Å². The SMILES string of the molecule is COc1ccc(C=C/C(=N\O)c2ccccc2O)cc1. The van der Waals surface area contributed by atoms with E-state index in [2.05, 4.69) is 5.16 Å². The number of ether oxygens (including phenoxy) is 1. The molecule has 20 heavy (non-hydrogen) atoms. The summed E-state index contributed by atoms with van der Waals surface area (Å²) in [5, 5.41) is 22.0. The molecular formula is C16H15NO3. The van der Waals surface area contributed by atoms with Crippen LogP contribution in [0.1, 0.15) is 11.1 Å². The third-order valence-corrected chi connectivity index (χ3v) is 2.84. The van der Waals surface area contributed by atoms with Crippen LogP contribution in [0.25, 0.3) is 6.08 Å². The van der Waals surface area contributed by atoms with Crippen molar-refractivity contribution in [1.29, 1.82) is 0 Å². The lowest BCUT2D eigenvalue weighted by molar-refractivity contribution is 0.319. The highest BCUT2D eigenvalue weighted by atomic mass is 16.5. The van der Waals surface area contributed by atoms with Crippen LogP contribution in [0.5, 0.6) is 11.5 Å². The molecule has 102 valence electrons. The summed E-state index contributed by atoms with van der Waals surface area (Å²) in [5.74, 6) is 0.846. The standard InChI is InChI=1S/C16H15NO3/c1-20-13-9-6-12(7-10-13)8-11-15(17-19)14-4-2-3-5-16(14)18/h2-11,18-19H,1H3/b11-8?,17-15+. The minimum atomic E-state index is 0.0691. The van der Waals surface area contributed by atoms with Gasteiger partial charge in [-0.3, -0.25) is 0 Å². The van der Waals surface area contributed by atoms with Crippen LogP contribution in [0, 0.1) is 0 Å². The van der Waals surface area contributed by atoms with Crippen LogP contribution < -0.4 is 4.74 Å². The normalized spacial score (nSPS) is 11.8. The molecule has 0 aliphatic heterocycles. The zero-order valence-electron chi connectivity index (χ0n) is 11.0. The predicted molar refractivity (Wildman–Crippen MR) is 78.5 cm³/mol. The molecule has 0 heterocycles. The van der Waals surface area contributed by atoms with Gasteiger partial charge in [0, 0.05) is 5.56 Å². The number of allylic oxidation sites excluding steroid dienone is 1. The highest BCUT2D eigenvalue weighted by Gasteiger charge is 2.05. The Kier molecular flexibility index (Phi) is 4.39. The molecule has 0 saturated carbocycles. The number of benzene rings is 2. The van der Waals surface area contributed by atoms with Gasteiger partial charge < -0.3 is 15.1 Å². The lowest BCUT2D eigenvalue weighted by Gasteiger charge is -2.02. The lowest BCUT2D eigenvalue weighted by Crippen LogP contribution is -1.96. The maximum Gasteiger partial charge on any atom is 0.125 e. The molecule has 2 N–H and O–H groups in total. The van der Waals surface area contributed by atoms with Crippen molar-refractivity contribution in [1.82, 2.24) is 0 Å². The summed E-state index contributed by atoms with van der Waals surface area (Å²) in [5.41, 5.74) is 1.70. The van der Waals surface area contributed by atoms with Crippen LogP contribution in [-0.2, 0) is 0 Å². The van der Waals surface area contributed by atoms with Gasteiger partial charge in [0.15, 0.2) is 0 Å². The van der Waals surface area contributed by atoms with Crippen molar-refractivity contribution in [2.24, 2.45) is 5.16 Å². The van der Waals surface area contributed by atoms with E-state index in [9.17, 15) is 5.11 Å². The fourth-order valence-electron chi connectivity index (χ4n) is 1.76. The molecule has 0 bridgehead atoms. The smallest absolute Gasteiger partial charge is 0.125 e. The Morgan fingerprint density at radius 1 is 1.10 bits per heavy atom. The molecule has 0 aliphatic carbocycles. The van der Waals surface area contributed by atoms with Crippen LogP contribution in [0.15, 0.2) is 59.8 Å². The number of phenols is 1. The number of rotatable bonds is 4. The molecule has 4 heteroatoms. The van der Waals surface area contributed by atoms with Crippen LogP contribution in [0.2, 0.25) is 0 Å². The number of aromatic hydroxyl groups is 1. The summed E-state index contributed by atoms with van der Waals surface area (Å²) in [6.07, 6.45) is 3.43. The van der Waals surface area contributed by atoms with Crippen LogP contribution in [-0.4, -0.2) is 23.1 Å². The van der Waals surface area contributed by atoms with Crippen LogP contribution in [0.3, 0.4) is 0 Å². The van der Waals surface area contributed by atoms with E-state index in [1.165, 1.54) is 0 Å². The molecule has 0 atom stereocenters. The molecule has 0 radical (unpaired) electrons. The number of nitrogens with zero attached hydrogens (tertiary/aromatic N) is 1. The van der Waals surface area contributed by atoms with E-state index in [0.717, 1.165) is 11.3 Å². The number of methoxy groups -OCH3 is 1. The Hall–Kier alpha value is -2.75. The number of hydrogen-bond donors (Lipinski definition) is 2. The molecule has 2 rings (SSSR count). The van der Waals surface area contributed by atoms with Gasteiger partial charge >= 0.3 is 0 Å². The van der Waals surface area contributed by atoms with Gasteiger partial charge in [0.2, 0.25) is 0 Å². The van der Waals surface area contributed by atoms with Gasteiger partial charge in [-0.05, 0) is 35.9 Å². The quantitative estimate of drug-likeness (QED) is 0.508. The fraction of sp³-hybridized carbons (Fsp3) is 0.0625. The van der Waals surface area contributed by atoms with Crippen molar-refractivity contribution in [2.75, 3.05) is 7.11 Å². The predicted octanol–water partition coefficient (Wildman–Crippen LogP) is 3.29. The number of hydrogen-bond acceptors (Lipinski definition) is 4. The summed E-state index contributed by atoms with van der Waals surface area (Å²) < 4.78 is 5.08. The number of oxime groups is 1. The highest BCUT2D eigenvalue weighted by Crippen LogP contribution is 2.18. The topological polar surface area (TPSA) is 62.0 Å². The van der Waals surface area contributed by atoms with E-state index in [0.29, 0.717) is 11.3 Å². The third kappa shape index (κ3) is 3.17. The molecule has 0 fully saturated rings. The van der Waals surface area contributed by atoms with Gasteiger partial charge in [0.1, 0.15) is 17.2 Å². The van der Waals surface area contributed by atoms with Crippen molar-refractivity contribution >= 4 is 11.8 Å². The maximum atomic E-state index is 9.74. The largest absolute Gasteiger partial charge is 0.507 e. The molecule has 0 saturated heterocycles. The molecule has 0 unspecified atom stereocenters. The van der Waals surface area contributed by atoms with Crippen molar-refractivity contribution in [3.05, 3.63) is 65.7 Å². The average Bonchev–Trinajstić information content (AvgIpc) is 2.50. The van der Waals surface area contributed by atoms with Gasteiger partial charge in [-0.2, -0.15) is 0 Å². The summed E-state index contributed by atoms with van der Waals surface area (Å²) in [6, 6.07) is 14.2. The Morgan fingerprint density at radius 3 is 2.40 bits per heavy atom. The monoisotopic (exact) mass is 269 g/mol. The first-order chi connectivity index (χ1) is 9.74. The lowest BCUT2D eigenvalue weighted by atomic mass is 10.1. The van der Waals surface area contributed by atoms with Gasteiger partial charge in [-0.15, -0.1) is 0 Å². The average molecular weight is 269 g/mol. The highest BCUT2D eigenvalue weighted by molar-refractivity contribution is 6.12. The van der Waals surface area contributed by atoms with E-state index in [-0.39, 0.29) is 5.75 Å². The van der Waals surface area contributed by atoms with E-state index in [1.54, 1.807) is 43.5 Å². The first kappa shape index (κ1) is 13.7. The second kappa shape index (κ2) is 6.43. The zero-order chi connectivity index (χ0) is 14.4. The first-order valence-corrected chi connectivity index (χ1v) is 6.07. The van der Waals surface area contributed by atoms with Gasteiger partial charge in [0.05, 0.1) is 7.11 Å². The first-order valence-electron chi connectivity index (χ1n) is 6.07. The van der Waals surface area contributed by atoms with E-state index >= 15 is 0 Å². The Balaban J connectivity index is 2.22. The van der Waals surface area contributed by atoms with Crippen molar-refractivity contribution < 1.29 is 15.1 Å². The minimum Gasteiger partial charge on any atom is -0.507 e. The second-order valence-corrected chi connectivity index (χ2v) is 4.11. The third-order valence-electron chi connectivity index (χ3n) is 2.84. The van der Waals surface area contributed by atoms with E-state index in [1.807, 2.05) is 24.3 Å². The maximum absolute atomic E-state index is 9.74. The summed E-state index contributed by atoms with van der Waals surface area (Å²) in [6.45, 7) is 0. The number of para-hydroxylation sites is 1. The van der Waals surface area contributed by atoms with Gasteiger partial charge in [-0.1, -0.05) is 35.5 Å². The summed E-state index contributed by atoms with van der Waals surface area (Å²) >= 11 is 0. The molecule has 0 aliphatic rings. The van der Waals surface area contributed by atoms with E-state index in [4.69, 9.17) is 9.94 Å². The zero-order valence-corrected chi connectivity index (χ0v) is 11.0. The van der Waals surface area contributed by atoms with Crippen molar-refractivity contribution in [3.8, 4) is 11.5 Å². The number of phenolic OH excluding ortho intramolecular Hbond substituents is 1. The minimum absolute atomic E-state index is 0.0691. The second-order valence-electron chi connectivity index (χ2n) is 4.11. The molecular weight excluding hydrogens is 254 g/mol. The van der Waals surface area contributed by atoms with E-state index < -0.39 is 0 Å². The molecule has 0 spiro atoms. The van der Waals surface area contributed by atoms with Crippen molar-refractivity contribution in [2.45, 2.75) is 0 Å². The summed E-state index contributed by atoms with van der Waals surface area (Å²) in [7, 11) is 1.61.